The van der Waals surface area contributed by atoms with Gasteiger partial charge in [0.1, 0.15) is 12.4 Å². The average Bonchev–Trinajstić information content (AvgIpc) is 2.87. The van der Waals surface area contributed by atoms with Gasteiger partial charge in [-0.25, -0.2) is 9.78 Å². The fraction of sp³-hybridized carbons (Fsp3) is 0.154. The van der Waals surface area contributed by atoms with Crippen molar-refractivity contribution < 1.29 is 19.4 Å². The van der Waals surface area contributed by atoms with E-state index in [1.807, 2.05) is 13.0 Å². The molecule has 4 aromatic rings. The number of aryl methyl sites for hydroxylation is 1. The number of aromatic nitrogens is 2. The Bertz CT molecular complexity index is 1500. The molecule has 0 radical (unpaired) electrons. The van der Waals surface area contributed by atoms with Crippen LogP contribution in [0.4, 0.5) is 0 Å². The Morgan fingerprint density at radius 3 is 2.71 bits per heavy atom. The number of carbonyl (C=O) groups is 1. The Labute approximate surface area is 209 Å². The van der Waals surface area contributed by atoms with Gasteiger partial charge in [-0.15, -0.1) is 0 Å². The van der Waals surface area contributed by atoms with Crippen LogP contribution in [-0.4, -0.2) is 34.1 Å². The molecule has 1 aromatic heterocycles. The molecule has 0 unspecified atom stereocenters. The maximum atomic E-state index is 13.1. The van der Waals surface area contributed by atoms with Crippen LogP contribution in [0.2, 0.25) is 0 Å². The lowest BCUT2D eigenvalue weighted by atomic mass is 10.1. The smallest absolute Gasteiger partial charge is 0.335 e. The molecule has 3 aromatic carbocycles. The van der Waals surface area contributed by atoms with Gasteiger partial charge in [0, 0.05) is 10.9 Å². The van der Waals surface area contributed by atoms with Gasteiger partial charge < -0.3 is 14.6 Å². The predicted molar refractivity (Wildman–Crippen MR) is 137 cm³/mol. The highest BCUT2D eigenvalue weighted by Gasteiger charge is 2.11. The molecule has 0 saturated heterocycles. The molecule has 0 fully saturated rings. The number of hydrogen-bond donors (Lipinski definition) is 1. The van der Waals surface area contributed by atoms with Crippen molar-refractivity contribution in [2.24, 2.45) is 5.10 Å². The molecule has 0 aliphatic heterocycles. The third-order valence-corrected chi connectivity index (χ3v) is 5.76. The van der Waals surface area contributed by atoms with Gasteiger partial charge in [-0.05, 0) is 59.7 Å². The summed E-state index contributed by atoms with van der Waals surface area (Å²) in [6.45, 7) is 2.10. The van der Waals surface area contributed by atoms with E-state index < -0.39 is 5.97 Å². The van der Waals surface area contributed by atoms with Gasteiger partial charge in [0.25, 0.3) is 5.56 Å². The van der Waals surface area contributed by atoms with Gasteiger partial charge in [0.2, 0.25) is 0 Å². The minimum Gasteiger partial charge on any atom is -0.493 e. The van der Waals surface area contributed by atoms with Crippen molar-refractivity contribution in [3.8, 4) is 11.5 Å². The first kappa shape index (κ1) is 24.2. The topological polar surface area (TPSA) is 103 Å². The Morgan fingerprint density at radius 1 is 1.14 bits per heavy atom. The lowest BCUT2D eigenvalue weighted by molar-refractivity contribution is 0.0696. The van der Waals surface area contributed by atoms with Crippen molar-refractivity contribution in [2.45, 2.75) is 20.0 Å². The molecule has 0 aliphatic rings. The largest absolute Gasteiger partial charge is 0.493 e. The molecule has 8 nitrogen and oxygen atoms in total. The summed E-state index contributed by atoms with van der Waals surface area (Å²) < 4.78 is 13.4. The number of aromatic carboxylic acids is 1. The lowest BCUT2D eigenvalue weighted by Crippen LogP contribution is -2.22. The fourth-order valence-corrected chi connectivity index (χ4v) is 3.87. The van der Waals surface area contributed by atoms with E-state index in [0.717, 1.165) is 10.0 Å². The molecule has 0 spiro atoms. The Kier molecular flexibility index (Phi) is 7.26. The summed E-state index contributed by atoms with van der Waals surface area (Å²) in [6, 6.07) is 17.2. The van der Waals surface area contributed by atoms with Gasteiger partial charge >= 0.3 is 5.97 Å². The van der Waals surface area contributed by atoms with Crippen LogP contribution in [0, 0.1) is 0 Å². The van der Waals surface area contributed by atoms with E-state index in [1.54, 1.807) is 54.7 Å². The van der Waals surface area contributed by atoms with E-state index in [1.165, 1.54) is 17.9 Å². The molecule has 1 N–H and O–H groups in total. The number of ether oxygens (including phenoxy) is 2. The summed E-state index contributed by atoms with van der Waals surface area (Å²) in [5.74, 6) is 0.533. The molecule has 4 rings (SSSR count). The highest BCUT2D eigenvalue weighted by atomic mass is 79.9. The van der Waals surface area contributed by atoms with Gasteiger partial charge in [0.05, 0.1) is 29.8 Å². The summed E-state index contributed by atoms with van der Waals surface area (Å²) in [4.78, 5) is 28.8. The zero-order valence-electron chi connectivity index (χ0n) is 19.1. The highest BCUT2D eigenvalue weighted by Crippen LogP contribution is 2.28. The number of halogens is 1. The van der Waals surface area contributed by atoms with E-state index >= 15 is 0 Å². The zero-order chi connectivity index (χ0) is 24.9. The van der Waals surface area contributed by atoms with E-state index in [0.29, 0.717) is 40.2 Å². The zero-order valence-corrected chi connectivity index (χ0v) is 20.7. The second-order valence-corrected chi connectivity index (χ2v) is 8.52. The van der Waals surface area contributed by atoms with Crippen LogP contribution in [0.3, 0.4) is 0 Å². The van der Waals surface area contributed by atoms with Crippen LogP contribution in [0.15, 0.2) is 75.0 Å². The second kappa shape index (κ2) is 10.5. The average molecular weight is 536 g/mol. The van der Waals surface area contributed by atoms with Crippen LogP contribution in [-0.2, 0) is 13.0 Å². The first-order valence-electron chi connectivity index (χ1n) is 10.8. The van der Waals surface area contributed by atoms with Crippen LogP contribution < -0.4 is 15.0 Å². The van der Waals surface area contributed by atoms with Crippen LogP contribution in [0.1, 0.15) is 34.2 Å². The van der Waals surface area contributed by atoms with Gasteiger partial charge in [-0.3, -0.25) is 4.79 Å². The first-order valence-corrected chi connectivity index (χ1v) is 11.6. The molecule has 1 heterocycles. The number of benzene rings is 3. The number of nitrogens with zero attached hydrogens (tertiary/aromatic N) is 3. The summed E-state index contributed by atoms with van der Waals surface area (Å²) in [7, 11) is 1.53. The quantitative estimate of drug-likeness (QED) is 0.322. The second-order valence-electron chi connectivity index (χ2n) is 7.61. The highest BCUT2D eigenvalue weighted by molar-refractivity contribution is 9.10. The summed E-state index contributed by atoms with van der Waals surface area (Å²) in [6.07, 6.45) is 2.10. The van der Waals surface area contributed by atoms with Gasteiger partial charge in [0.15, 0.2) is 11.5 Å². The van der Waals surface area contributed by atoms with Gasteiger partial charge in [-0.2, -0.15) is 9.78 Å². The van der Waals surface area contributed by atoms with E-state index in [9.17, 15) is 9.59 Å². The lowest BCUT2D eigenvalue weighted by Gasteiger charge is -2.12. The van der Waals surface area contributed by atoms with Crippen molar-refractivity contribution in [3.05, 3.63) is 98.0 Å². The monoisotopic (exact) mass is 535 g/mol. The number of carboxylic acid groups (broad SMARTS) is 1. The SMILES string of the molecule is CCc1nc2ccc(Br)cc2c(=O)n1N=Cc1ccc(OCc2cccc(C(=O)O)c2)c(OC)c1. The molecule has 0 amide bonds. The Balaban J connectivity index is 1.59. The Morgan fingerprint density at radius 2 is 1.97 bits per heavy atom. The number of methoxy groups -OCH3 is 1. The molecular formula is C26H22BrN3O5. The molecule has 178 valence electrons. The summed E-state index contributed by atoms with van der Waals surface area (Å²) in [5, 5.41) is 14.0. The summed E-state index contributed by atoms with van der Waals surface area (Å²) >= 11 is 3.40. The third kappa shape index (κ3) is 5.41. The third-order valence-electron chi connectivity index (χ3n) is 5.27. The molecule has 9 heteroatoms. The van der Waals surface area contributed by atoms with Gasteiger partial charge in [-0.1, -0.05) is 35.0 Å². The fourth-order valence-electron chi connectivity index (χ4n) is 3.51. The van der Waals surface area contributed by atoms with Crippen molar-refractivity contribution in [1.82, 2.24) is 9.66 Å². The molecule has 35 heavy (non-hydrogen) atoms. The maximum absolute atomic E-state index is 13.1. The minimum absolute atomic E-state index is 0.179. The van der Waals surface area contributed by atoms with E-state index in [-0.39, 0.29) is 17.7 Å². The van der Waals surface area contributed by atoms with Crippen molar-refractivity contribution in [3.63, 3.8) is 0 Å². The van der Waals surface area contributed by atoms with Crippen LogP contribution in [0.25, 0.3) is 10.9 Å². The van der Waals surface area contributed by atoms with Crippen molar-refractivity contribution in [2.75, 3.05) is 7.11 Å². The standard InChI is InChI=1S/C26H22BrN3O5/c1-3-24-29-21-9-8-19(27)13-20(21)25(31)30(24)28-14-16-7-10-22(23(12-16)34-2)35-15-17-5-4-6-18(11-17)26(32)33/h4-14H,3,15H2,1-2H3,(H,32,33). The molecule has 0 aliphatic carbocycles. The molecular weight excluding hydrogens is 514 g/mol. The van der Waals surface area contributed by atoms with E-state index in [4.69, 9.17) is 14.6 Å². The molecule has 0 atom stereocenters. The minimum atomic E-state index is -0.993. The van der Waals surface area contributed by atoms with Crippen LogP contribution >= 0.6 is 15.9 Å². The number of carboxylic acids is 1. The normalized spacial score (nSPS) is 11.2. The number of rotatable bonds is 8. The summed E-state index contributed by atoms with van der Waals surface area (Å²) in [5.41, 5.74) is 1.99. The Hall–Kier alpha value is -3.98. The van der Waals surface area contributed by atoms with E-state index in [2.05, 4.69) is 26.0 Å². The van der Waals surface area contributed by atoms with Crippen molar-refractivity contribution >= 4 is 39.0 Å². The van der Waals surface area contributed by atoms with Crippen molar-refractivity contribution in [1.29, 1.82) is 0 Å². The maximum Gasteiger partial charge on any atom is 0.335 e. The molecule has 0 saturated carbocycles. The first-order chi connectivity index (χ1) is 16.9. The van der Waals surface area contributed by atoms with Crippen LogP contribution in [0.5, 0.6) is 11.5 Å². The number of fused-ring (bicyclic) bond motifs is 1. The molecule has 0 bridgehead atoms. The predicted octanol–water partition coefficient (Wildman–Crippen LogP) is 4.89. The number of hydrogen-bond acceptors (Lipinski definition) is 6.